The minimum Gasteiger partial charge on any atom is -0.324 e. The Labute approximate surface area is 225 Å². The number of anilines is 4. The van der Waals surface area contributed by atoms with Crippen molar-refractivity contribution >= 4 is 28.9 Å². The van der Waals surface area contributed by atoms with Gasteiger partial charge in [-0.25, -0.2) is 9.78 Å². The number of para-hydroxylation sites is 1. The second kappa shape index (κ2) is 10.7. The van der Waals surface area contributed by atoms with Crippen molar-refractivity contribution < 1.29 is 4.79 Å². The highest BCUT2D eigenvalue weighted by molar-refractivity contribution is 6.02. The zero-order valence-corrected chi connectivity index (χ0v) is 22.4. The second-order valence-electron chi connectivity index (χ2n) is 10.6. The Morgan fingerprint density at radius 2 is 1.47 bits per heavy atom. The number of carbonyl (C=O) groups is 1. The van der Waals surface area contributed by atoms with Crippen LogP contribution >= 0.6 is 0 Å². The topological polar surface area (TPSA) is 69.3 Å². The Balaban J connectivity index is 1.24. The van der Waals surface area contributed by atoms with Crippen LogP contribution in [0.2, 0.25) is 0 Å². The van der Waals surface area contributed by atoms with Crippen molar-refractivity contribution in [2.75, 3.05) is 22.1 Å². The number of urea groups is 1. The molecule has 0 radical (unpaired) electrons. The predicted octanol–water partition coefficient (Wildman–Crippen LogP) is 7.57. The molecule has 0 spiro atoms. The predicted molar refractivity (Wildman–Crippen MR) is 156 cm³/mol. The lowest BCUT2D eigenvalue weighted by molar-refractivity contribution is 0.262. The summed E-state index contributed by atoms with van der Waals surface area (Å²) in [7, 11) is 0. The summed E-state index contributed by atoms with van der Waals surface area (Å²) in [4.78, 5) is 19.8. The van der Waals surface area contributed by atoms with Crippen molar-refractivity contribution in [3.63, 3.8) is 0 Å². The van der Waals surface area contributed by atoms with E-state index in [-0.39, 0.29) is 23.5 Å². The van der Waals surface area contributed by atoms with Gasteiger partial charge in [-0.1, -0.05) is 74.5 Å². The number of fused-ring (bicyclic) bond motifs is 1. The van der Waals surface area contributed by atoms with Gasteiger partial charge in [-0.15, -0.1) is 0 Å². The summed E-state index contributed by atoms with van der Waals surface area (Å²) in [5.74, 6) is 0.739. The van der Waals surface area contributed by atoms with E-state index in [0.29, 0.717) is 5.69 Å². The van der Waals surface area contributed by atoms with E-state index in [1.165, 1.54) is 11.1 Å². The third-order valence-electron chi connectivity index (χ3n) is 7.24. The number of rotatable bonds is 7. The van der Waals surface area contributed by atoms with Crippen molar-refractivity contribution in [1.82, 2.24) is 10.3 Å². The van der Waals surface area contributed by atoms with E-state index in [4.69, 9.17) is 0 Å². The fourth-order valence-electron chi connectivity index (χ4n) is 5.19. The van der Waals surface area contributed by atoms with Crippen LogP contribution in [-0.4, -0.2) is 17.6 Å². The van der Waals surface area contributed by atoms with Gasteiger partial charge in [0.1, 0.15) is 0 Å². The fraction of sp³-hybridized carbons (Fsp3) is 0.250. The first-order valence-corrected chi connectivity index (χ1v) is 13.1. The van der Waals surface area contributed by atoms with E-state index in [1.807, 2.05) is 48.5 Å². The number of benzene rings is 3. The zero-order valence-electron chi connectivity index (χ0n) is 22.4. The Bertz CT molecular complexity index is 1400. The van der Waals surface area contributed by atoms with E-state index in [9.17, 15) is 4.79 Å². The molecule has 2 unspecified atom stereocenters. The van der Waals surface area contributed by atoms with Crippen LogP contribution in [0, 0.1) is 0 Å². The molecule has 4 aromatic rings. The smallest absolute Gasteiger partial charge is 0.323 e. The van der Waals surface area contributed by atoms with Crippen LogP contribution in [-0.2, 0) is 5.41 Å². The van der Waals surface area contributed by atoms with Crippen molar-refractivity contribution in [2.24, 2.45) is 0 Å². The first kappa shape index (κ1) is 25.5. The van der Waals surface area contributed by atoms with Crippen LogP contribution in [0.5, 0.6) is 0 Å². The molecule has 0 aliphatic carbocycles. The maximum Gasteiger partial charge on any atom is 0.323 e. The number of hydrogen-bond acceptors (Lipinski definition) is 4. The zero-order chi connectivity index (χ0) is 26.7. The largest absolute Gasteiger partial charge is 0.324 e. The average Bonchev–Trinajstić information content (AvgIpc) is 3.20. The molecule has 6 nitrogen and oxygen atoms in total. The summed E-state index contributed by atoms with van der Waals surface area (Å²) in [5.41, 5.74) is 6.20. The van der Waals surface area contributed by atoms with E-state index in [1.54, 1.807) is 6.20 Å². The lowest BCUT2D eigenvalue weighted by Crippen LogP contribution is -2.27. The SMILES string of the molecule is CC(NC(C)c1ccc(NC(=O)Nc2cccnc2N2CC(C)(C)c3ccccc32)cc1)c1ccccc1. The van der Waals surface area contributed by atoms with Gasteiger partial charge < -0.3 is 20.9 Å². The van der Waals surface area contributed by atoms with Gasteiger partial charge in [0.2, 0.25) is 0 Å². The molecular weight excluding hydrogens is 470 g/mol. The number of hydrogen-bond donors (Lipinski definition) is 3. The molecule has 2 atom stereocenters. The van der Waals surface area contributed by atoms with Gasteiger partial charge >= 0.3 is 6.03 Å². The Hall–Kier alpha value is -4.16. The standard InChI is InChI=1S/C32H35N5O/c1-22(24-11-6-5-7-12-24)34-23(2)25-16-18-26(19-17-25)35-31(38)36-28-14-10-20-33-30(28)37-21-32(3,4)27-13-8-9-15-29(27)37/h5-20,22-23,34H,21H2,1-4H3,(H2,35,36,38). The summed E-state index contributed by atoms with van der Waals surface area (Å²) in [6, 6.07) is 30.6. The molecule has 0 saturated heterocycles. The molecule has 3 aromatic carbocycles. The number of amides is 2. The van der Waals surface area contributed by atoms with Gasteiger partial charge in [-0.2, -0.15) is 0 Å². The summed E-state index contributed by atoms with van der Waals surface area (Å²) in [5, 5.41) is 9.61. The van der Waals surface area contributed by atoms with Crippen LogP contribution in [0.3, 0.4) is 0 Å². The minimum absolute atomic E-state index is 0.0136. The van der Waals surface area contributed by atoms with Crippen molar-refractivity contribution in [3.05, 3.63) is 114 Å². The Morgan fingerprint density at radius 3 is 2.21 bits per heavy atom. The highest BCUT2D eigenvalue weighted by Gasteiger charge is 2.36. The van der Waals surface area contributed by atoms with Crippen molar-refractivity contribution in [2.45, 2.75) is 45.2 Å². The third kappa shape index (κ3) is 5.41. The summed E-state index contributed by atoms with van der Waals surface area (Å²) in [6.07, 6.45) is 1.76. The molecule has 3 N–H and O–H groups in total. The quantitative estimate of drug-likeness (QED) is 0.242. The second-order valence-corrected chi connectivity index (χ2v) is 10.6. The number of carbonyl (C=O) groups excluding carboxylic acids is 1. The van der Waals surface area contributed by atoms with Crippen LogP contribution in [0.4, 0.5) is 27.7 Å². The van der Waals surface area contributed by atoms with Gasteiger partial charge in [0.05, 0.1) is 5.69 Å². The van der Waals surface area contributed by atoms with Gasteiger partial charge in [0, 0.05) is 41.6 Å². The first-order valence-electron chi connectivity index (χ1n) is 13.1. The number of aromatic nitrogens is 1. The number of nitrogens with zero attached hydrogens (tertiary/aromatic N) is 2. The van der Waals surface area contributed by atoms with E-state index in [0.717, 1.165) is 29.3 Å². The molecule has 38 heavy (non-hydrogen) atoms. The Morgan fingerprint density at radius 1 is 0.816 bits per heavy atom. The fourth-order valence-corrected chi connectivity index (χ4v) is 5.19. The molecule has 2 amide bonds. The molecule has 0 saturated carbocycles. The first-order chi connectivity index (χ1) is 18.3. The molecule has 194 valence electrons. The van der Waals surface area contributed by atoms with Crippen LogP contribution < -0.4 is 20.9 Å². The van der Waals surface area contributed by atoms with Crippen LogP contribution in [0.1, 0.15) is 56.5 Å². The van der Waals surface area contributed by atoms with Gasteiger partial charge in [0.15, 0.2) is 5.82 Å². The van der Waals surface area contributed by atoms with E-state index < -0.39 is 0 Å². The Kier molecular flexibility index (Phi) is 7.16. The molecule has 0 fully saturated rings. The summed E-state index contributed by atoms with van der Waals surface area (Å²) >= 11 is 0. The molecule has 5 rings (SSSR count). The van der Waals surface area contributed by atoms with Gasteiger partial charge in [-0.3, -0.25) is 0 Å². The van der Waals surface area contributed by atoms with Gasteiger partial charge in [0.25, 0.3) is 0 Å². The molecule has 6 heteroatoms. The average molecular weight is 506 g/mol. The lowest BCUT2D eigenvalue weighted by atomic mass is 9.87. The maximum atomic E-state index is 13.0. The molecule has 1 aliphatic heterocycles. The highest BCUT2D eigenvalue weighted by Crippen LogP contribution is 2.45. The molecule has 1 aromatic heterocycles. The maximum absolute atomic E-state index is 13.0. The summed E-state index contributed by atoms with van der Waals surface area (Å²) in [6.45, 7) is 9.57. The lowest BCUT2D eigenvalue weighted by Gasteiger charge is -2.24. The monoisotopic (exact) mass is 505 g/mol. The van der Waals surface area contributed by atoms with E-state index >= 15 is 0 Å². The van der Waals surface area contributed by atoms with Crippen molar-refractivity contribution in [1.29, 1.82) is 0 Å². The van der Waals surface area contributed by atoms with E-state index in [2.05, 4.69) is 96.0 Å². The highest BCUT2D eigenvalue weighted by atomic mass is 16.2. The van der Waals surface area contributed by atoms with Gasteiger partial charge in [-0.05, 0) is 60.9 Å². The van der Waals surface area contributed by atoms with Crippen LogP contribution in [0.15, 0.2) is 97.2 Å². The molecular formula is C32H35N5O. The third-order valence-corrected chi connectivity index (χ3v) is 7.24. The molecule has 2 heterocycles. The molecule has 0 bridgehead atoms. The van der Waals surface area contributed by atoms with Crippen molar-refractivity contribution in [3.8, 4) is 0 Å². The normalized spacial score (nSPS) is 15.4. The number of pyridine rings is 1. The molecule has 1 aliphatic rings. The van der Waals surface area contributed by atoms with Crippen LogP contribution in [0.25, 0.3) is 0 Å². The number of nitrogens with one attached hydrogen (secondary N) is 3. The summed E-state index contributed by atoms with van der Waals surface area (Å²) < 4.78 is 0. The minimum atomic E-state index is -0.303.